The summed E-state index contributed by atoms with van der Waals surface area (Å²) >= 11 is 0. The van der Waals surface area contributed by atoms with Crippen molar-refractivity contribution in [2.75, 3.05) is 19.6 Å². The second kappa shape index (κ2) is 5.26. The van der Waals surface area contributed by atoms with Crippen LogP contribution in [0.15, 0.2) is 24.3 Å². The number of hydrogen-bond acceptors (Lipinski definition) is 2. The first-order chi connectivity index (χ1) is 10.4. The molecule has 0 aromatic heterocycles. The number of nitrogens with zero attached hydrogens (tertiary/aromatic N) is 1. The van der Waals surface area contributed by atoms with Crippen molar-refractivity contribution in [1.29, 1.82) is 0 Å². The monoisotopic (exact) mass is 312 g/mol. The van der Waals surface area contributed by atoms with Crippen molar-refractivity contribution in [2.24, 2.45) is 11.7 Å². The van der Waals surface area contributed by atoms with Gasteiger partial charge in [-0.3, -0.25) is 4.79 Å². The molecule has 3 rings (SSSR count). The Kier molecular flexibility index (Phi) is 3.67. The number of amides is 1. The van der Waals surface area contributed by atoms with Gasteiger partial charge in [0, 0.05) is 13.1 Å². The summed E-state index contributed by atoms with van der Waals surface area (Å²) in [6.45, 7) is 1.82. The summed E-state index contributed by atoms with van der Waals surface area (Å²) in [6.07, 6.45) is -2.26. The molecular formula is C16H19F3N2O. The van der Waals surface area contributed by atoms with Gasteiger partial charge >= 0.3 is 6.18 Å². The summed E-state index contributed by atoms with van der Waals surface area (Å²) in [5.41, 5.74) is 4.69. The van der Waals surface area contributed by atoms with Gasteiger partial charge in [-0.15, -0.1) is 0 Å². The fraction of sp³-hybridized carbons (Fsp3) is 0.562. The molecule has 1 unspecified atom stereocenters. The van der Waals surface area contributed by atoms with Gasteiger partial charge in [0.15, 0.2) is 0 Å². The standard InChI is InChI=1S/C16H19F3N2O/c17-16(18,19)13-3-1-2-12(8-13)15(5-6-15)14(22)21-7-4-11(9-20)10-21/h1-3,8,11H,4-7,9-10,20H2. The molecule has 1 aromatic rings. The van der Waals surface area contributed by atoms with E-state index in [1.54, 1.807) is 11.0 Å². The van der Waals surface area contributed by atoms with Gasteiger partial charge in [-0.05, 0) is 43.4 Å². The Morgan fingerprint density at radius 3 is 2.64 bits per heavy atom. The minimum atomic E-state index is -4.38. The molecule has 1 heterocycles. The Hall–Kier alpha value is -1.56. The summed E-state index contributed by atoms with van der Waals surface area (Å²) in [4.78, 5) is 14.5. The summed E-state index contributed by atoms with van der Waals surface area (Å²) in [6, 6.07) is 5.19. The Morgan fingerprint density at radius 1 is 1.36 bits per heavy atom. The summed E-state index contributed by atoms with van der Waals surface area (Å²) < 4.78 is 38.6. The van der Waals surface area contributed by atoms with E-state index in [1.165, 1.54) is 6.07 Å². The summed E-state index contributed by atoms with van der Waals surface area (Å²) in [7, 11) is 0. The molecule has 1 saturated heterocycles. The molecule has 0 radical (unpaired) electrons. The highest BCUT2D eigenvalue weighted by Crippen LogP contribution is 2.51. The lowest BCUT2D eigenvalue weighted by Crippen LogP contribution is -2.38. The van der Waals surface area contributed by atoms with Crippen molar-refractivity contribution in [2.45, 2.75) is 30.9 Å². The molecule has 22 heavy (non-hydrogen) atoms. The van der Waals surface area contributed by atoms with Crippen LogP contribution in [0, 0.1) is 5.92 Å². The van der Waals surface area contributed by atoms with Crippen molar-refractivity contribution in [1.82, 2.24) is 4.90 Å². The van der Waals surface area contributed by atoms with Crippen LogP contribution in [0.1, 0.15) is 30.4 Å². The van der Waals surface area contributed by atoms with Crippen LogP contribution in [0.4, 0.5) is 13.2 Å². The van der Waals surface area contributed by atoms with Gasteiger partial charge < -0.3 is 10.6 Å². The minimum Gasteiger partial charge on any atom is -0.342 e. The number of hydrogen-bond donors (Lipinski definition) is 1. The molecule has 1 amide bonds. The third kappa shape index (κ3) is 2.60. The van der Waals surface area contributed by atoms with Crippen molar-refractivity contribution < 1.29 is 18.0 Å². The molecule has 3 nitrogen and oxygen atoms in total. The summed E-state index contributed by atoms with van der Waals surface area (Å²) in [5.74, 6) is 0.268. The van der Waals surface area contributed by atoms with E-state index >= 15 is 0 Å². The highest BCUT2D eigenvalue weighted by molar-refractivity contribution is 5.91. The van der Waals surface area contributed by atoms with E-state index in [4.69, 9.17) is 5.73 Å². The van der Waals surface area contributed by atoms with Gasteiger partial charge in [0.05, 0.1) is 11.0 Å². The van der Waals surface area contributed by atoms with Gasteiger partial charge in [0.2, 0.25) is 5.91 Å². The number of benzene rings is 1. The number of nitrogens with two attached hydrogens (primary N) is 1. The van der Waals surface area contributed by atoms with E-state index in [0.29, 0.717) is 44.0 Å². The molecule has 0 bridgehead atoms. The second-order valence-electron chi connectivity index (χ2n) is 6.30. The number of likely N-dealkylation sites (tertiary alicyclic amines) is 1. The van der Waals surface area contributed by atoms with E-state index < -0.39 is 17.2 Å². The highest BCUT2D eigenvalue weighted by atomic mass is 19.4. The quantitative estimate of drug-likeness (QED) is 0.932. The Morgan fingerprint density at radius 2 is 2.09 bits per heavy atom. The molecule has 2 aliphatic rings. The predicted octanol–water partition coefficient (Wildman–Crippen LogP) is 2.54. The molecule has 2 fully saturated rings. The van der Waals surface area contributed by atoms with Crippen LogP contribution in [0.5, 0.6) is 0 Å². The van der Waals surface area contributed by atoms with Crippen molar-refractivity contribution in [3.63, 3.8) is 0 Å². The van der Waals surface area contributed by atoms with Crippen LogP contribution < -0.4 is 5.73 Å². The largest absolute Gasteiger partial charge is 0.416 e. The fourth-order valence-electron chi connectivity index (χ4n) is 3.26. The average molecular weight is 312 g/mol. The average Bonchev–Trinajstić information content (AvgIpc) is 3.17. The zero-order valence-electron chi connectivity index (χ0n) is 12.2. The molecule has 1 aliphatic heterocycles. The van der Waals surface area contributed by atoms with E-state index in [2.05, 4.69) is 0 Å². The van der Waals surface area contributed by atoms with E-state index in [1.807, 2.05) is 0 Å². The molecule has 120 valence electrons. The van der Waals surface area contributed by atoms with Crippen LogP contribution >= 0.6 is 0 Å². The molecule has 6 heteroatoms. The molecule has 1 saturated carbocycles. The fourth-order valence-corrected chi connectivity index (χ4v) is 3.26. The third-order valence-electron chi connectivity index (χ3n) is 4.81. The zero-order chi connectivity index (χ0) is 16.0. The second-order valence-corrected chi connectivity index (χ2v) is 6.30. The van der Waals surface area contributed by atoms with Crippen LogP contribution in [-0.2, 0) is 16.4 Å². The Bertz CT molecular complexity index is 581. The van der Waals surface area contributed by atoms with Gasteiger partial charge in [-0.2, -0.15) is 13.2 Å². The normalized spacial score (nSPS) is 23.6. The zero-order valence-corrected chi connectivity index (χ0v) is 12.2. The van der Waals surface area contributed by atoms with Crippen molar-refractivity contribution >= 4 is 5.91 Å². The number of carbonyl (C=O) groups is 1. The topological polar surface area (TPSA) is 46.3 Å². The van der Waals surface area contributed by atoms with Gasteiger partial charge in [-0.25, -0.2) is 0 Å². The SMILES string of the molecule is NCC1CCN(C(=O)C2(c3cccc(C(F)(F)F)c3)CC2)C1. The lowest BCUT2D eigenvalue weighted by Gasteiger charge is -2.24. The van der Waals surface area contributed by atoms with E-state index in [-0.39, 0.29) is 5.91 Å². The third-order valence-corrected chi connectivity index (χ3v) is 4.81. The number of rotatable bonds is 3. The summed E-state index contributed by atoms with van der Waals surface area (Å²) in [5, 5.41) is 0. The molecule has 0 spiro atoms. The minimum absolute atomic E-state index is 0.0391. The first-order valence-corrected chi connectivity index (χ1v) is 7.54. The molecule has 2 N–H and O–H groups in total. The first-order valence-electron chi connectivity index (χ1n) is 7.54. The number of halogens is 3. The van der Waals surface area contributed by atoms with Gasteiger partial charge in [0.1, 0.15) is 0 Å². The van der Waals surface area contributed by atoms with Crippen molar-refractivity contribution in [3.8, 4) is 0 Å². The lowest BCUT2D eigenvalue weighted by atomic mass is 9.92. The van der Waals surface area contributed by atoms with E-state index in [9.17, 15) is 18.0 Å². The number of carbonyl (C=O) groups excluding carboxylic acids is 1. The lowest BCUT2D eigenvalue weighted by molar-refractivity contribution is -0.138. The first kappa shape index (κ1) is 15.3. The smallest absolute Gasteiger partial charge is 0.342 e. The van der Waals surface area contributed by atoms with Crippen LogP contribution in [0.3, 0.4) is 0 Å². The maximum atomic E-state index is 12.9. The maximum Gasteiger partial charge on any atom is 0.416 e. The maximum absolute atomic E-state index is 12.9. The molecule has 1 aromatic carbocycles. The van der Waals surface area contributed by atoms with Crippen molar-refractivity contribution in [3.05, 3.63) is 35.4 Å². The Balaban J connectivity index is 1.83. The Labute approximate surface area is 127 Å². The predicted molar refractivity (Wildman–Crippen MR) is 76.1 cm³/mol. The highest BCUT2D eigenvalue weighted by Gasteiger charge is 2.54. The molecule has 1 aliphatic carbocycles. The number of alkyl halides is 3. The van der Waals surface area contributed by atoms with Crippen LogP contribution in [0.25, 0.3) is 0 Å². The molecule has 1 atom stereocenters. The van der Waals surface area contributed by atoms with E-state index in [0.717, 1.165) is 18.6 Å². The molecular weight excluding hydrogens is 293 g/mol. The van der Waals surface area contributed by atoms with Gasteiger partial charge in [-0.1, -0.05) is 18.2 Å². The van der Waals surface area contributed by atoms with Crippen LogP contribution in [0.2, 0.25) is 0 Å². The van der Waals surface area contributed by atoms with Crippen LogP contribution in [-0.4, -0.2) is 30.4 Å². The van der Waals surface area contributed by atoms with Gasteiger partial charge in [0.25, 0.3) is 0 Å².